The summed E-state index contributed by atoms with van der Waals surface area (Å²) in [6.45, 7) is 13.7. The van der Waals surface area contributed by atoms with E-state index in [2.05, 4.69) is 79.9 Å². The number of hydrogen-bond acceptors (Lipinski definition) is 3. The summed E-state index contributed by atoms with van der Waals surface area (Å²) >= 11 is 0. The second-order valence-electron chi connectivity index (χ2n) is 9.24. The molecule has 0 aliphatic heterocycles. The molecule has 0 spiro atoms. The Hall–Kier alpha value is -3.47. The topological polar surface area (TPSA) is 48.0 Å². The summed E-state index contributed by atoms with van der Waals surface area (Å²) < 4.78 is 4.48. The van der Waals surface area contributed by atoms with Gasteiger partial charge in [-0.15, -0.1) is 0 Å². The predicted octanol–water partition coefficient (Wildman–Crippen LogP) is 6.29. The lowest BCUT2D eigenvalue weighted by Gasteiger charge is -2.13. The molecular formula is C28H31N5. The van der Waals surface area contributed by atoms with Crippen molar-refractivity contribution in [3.8, 4) is 11.1 Å². The third kappa shape index (κ3) is 3.52. The van der Waals surface area contributed by atoms with Crippen molar-refractivity contribution in [2.75, 3.05) is 0 Å². The van der Waals surface area contributed by atoms with Crippen molar-refractivity contribution >= 4 is 16.7 Å². The van der Waals surface area contributed by atoms with Gasteiger partial charge in [0.05, 0.1) is 23.5 Å². The number of rotatable bonds is 5. The van der Waals surface area contributed by atoms with Crippen molar-refractivity contribution in [1.29, 1.82) is 0 Å². The smallest absolute Gasteiger partial charge is 0.165 e. The average molecular weight is 438 g/mol. The third-order valence-corrected chi connectivity index (χ3v) is 6.55. The van der Waals surface area contributed by atoms with Crippen LogP contribution in [0, 0.1) is 34.6 Å². The van der Waals surface area contributed by atoms with Crippen molar-refractivity contribution in [1.82, 2.24) is 24.1 Å². The second kappa shape index (κ2) is 8.14. The molecule has 5 nitrogen and oxygen atoms in total. The van der Waals surface area contributed by atoms with E-state index in [4.69, 9.17) is 10.1 Å². The maximum Gasteiger partial charge on any atom is 0.165 e. The monoisotopic (exact) mass is 437 g/mol. The van der Waals surface area contributed by atoms with Crippen LogP contribution in [0.3, 0.4) is 0 Å². The quantitative estimate of drug-likeness (QED) is 0.325. The number of hydrogen-bond donors (Lipinski definition) is 0. The number of benzene rings is 1. The highest BCUT2D eigenvalue weighted by molar-refractivity contribution is 5.90. The molecule has 4 aromatic heterocycles. The minimum absolute atomic E-state index is 0.766. The molecule has 0 fully saturated rings. The molecule has 33 heavy (non-hydrogen) atoms. The van der Waals surface area contributed by atoms with E-state index < -0.39 is 0 Å². The van der Waals surface area contributed by atoms with Crippen LogP contribution in [0.25, 0.3) is 27.8 Å². The fourth-order valence-corrected chi connectivity index (χ4v) is 5.25. The van der Waals surface area contributed by atoms with Crippen molar-refractivity contribution in [3.05, 3.63) is 82.1 Å². The molecule has 5 heteroatoms. The summed E-state index contributed by atoms with van der Waals surface area (Å²) in [7, 11) is 0. The van der Waals surface area contributed by atoms with Crippen molar-refractivity contribution in [2.24, 2.45) is 0 Å². The van der Waals surface area contributed by atoms with Gasteiger partial charge in [0.15, 0.2) is 5.65 Å². The SMILES string of the molecule is CCCc1cc2c(C)nc3c(-c4c(C)cc(C)cc4C)c(C)nn3c2n1Cc1cccnc1. The highest BCUT2D eigenvalue weighted by Gasteiger charge is 2.22. The number of pyridine rings is 1. The zero-order valence-electron chi connectivity index (χ0n) is 20.4. The lowest BCUT2D eigenvalue weighted by atomic mass is 9.94. The van der Waals surface area contributed by atoms with E-state index in [-0.39, 0.29) is 0 Å². The molecule has 0 atom stereocenters. The Labute approximate surface area is 195 Å². The third-order valence-electron chi connectivity index (χ3n) is 6.55. The van der Waals surface area contributed by atoms with Crippen LogP contribution in [0.2, 0.25) is 0 Å². The van der Waals surface area contributed by atoms with Crippen LogP contribution in [0.5, 0.6) is 0 Å². The second-order valence-corrected chi connectivity index (χ2v) is 9.24. The van der Waals surface area contributed by atoms with Gasteiger partial charge < -0.3 is 4.57 Å². The first kappa shape index (κ1) is 21.4. The maximum atomic E-state index is 5.10. The first-order chi connectivity index (χ1) is 15.9. The average Bonchev–Trinajstić information content (AvgIpc) is 3.27. The van der Waals surface area contributed by atoms with Gasteiger partial charge in [0.25, 0.3) is 0 Å². The van der Waals surface area contributed by atoms with Crippen LogP contribution in [0.15, 0.2) is 42.7 Å². The van der Waals surface area contributed by atoms with E-state index in [9.17, 15) is 0 Å². The summed E-state index contributed by atoms with van der Waals surface area (Å²) in [5.74, 6) is 0. The Morgan fingerprint density at radius 3 is 2.33 bits per heavy atom. The molecule has 0 aliphatic carbocycles. The predicted molar refractivity (Wildman–Crippen MR) is 135 cm³/mol. The van der Waals surface area contributed by atoms with Gasteiger partial charge in [-0.3, -0.25) is 4.98 Å². The van der Waals surface area contributed by atoms with Crippen molar-refractivity contribution in [2.45, 2.75) is 60.9 Å². The van der Waals surface area contributed by atoms with Crippen molar-refractivity contribution < 1.29 is 0 Å². The molecule has 0 saturated carbocycles. The summed E-state index contributed by atoms with van der Waals surface area (Å²) in [6.07, 6.45) is 5.88. The van der Waals surface area contributed by atoms with Gasteiger partial charge in [0.2, 0.25) is 0 Å². The van der Waals surface area contributed by atoms with E-state index in [1.54, 1.807) is 0 Å². The molecule has 1 aromatic carbocycles. The van der Waals surface area contributed by atoms with Crippen LogP contribution in [0.1, 0.15) is 52.7 Å². The highest BCUT2D eigenvalue weighted by Crippen LogP contribution is 2.36. The van der Waals surface area contributed by atoms with Gasteiger partial charge in [0.1, 0.15) is 5.65 Å². The normalized spacial score (nSPS) is 11.7. The number of nitrogens with zero attached hydrogens (tertiary/aromatic N) is 5. The molecule has 0 unspecified atom stereocenters. The summed E-state index contributed by atoms with van der Waals surface area (Å²) in [5.41, 5.74) is 12.8. The highest BCUT2D eigenvalue weighted by atomic mass is 15.3. The van der Waals surface area contributed by atoms with Gasteiger partial charge in [-0.2, -0.15) is 9.61 Å². The Morgan fingerprint density at radius 2 is 1.67 bits per heavy atom. The Kier molecular flexibility index (Phi) is 5.28. The zero-order chi connectivity index (χ0) is 23.3. The number of aryl methyl sites for hydroxylation is 6. The van der Waals surface area contributed by atoms with E-state index in [0.717, 1.165) is 47.6 Å². The standard InChI is InChI=1S/C28H31N5/c1-7-9-23-14-24-20(5)30-27-26(25-18(3)12-17(2)13-19(25)4)21(6)31-33(27)28(24)32(23)16-22-10-8-11-29-15-22/h8,10-15H,7,9,16H2,1-6H3. The Balaban J connectivity index is 1.84. The van der Waals surface area contributed by atoms with Crippen LogP contribution in [-0.2, 0) is 13.0 Å². The molecule has 0 radical (unpaired) electrons. The van der Waals surface area contributed by atoms with E-state index >= 15 is 0 Å². The van der Waals surface area contributed by atoms with Gasteiger partial charge in [0, 0.05) is 23.5 Å². The molecule has 0 saturated heterocycles. The van der Waals surface area contributed by atoms with Gasteiger partial charge in [-0.1, -0.05) is 37.1 Å². The maximum absolute atomic E-state index is 5.10. The minimum atomic E-state index is 0.766. The van der Waals surface area contributed by atoms with E-state index in [1.807, 2.05) is 18.5 Å². The summed E-state index contributed by atoms with van der Waals surface area (Å²) in [4.78, 5) is 9.44. The Bertz CT molecular complexity index is 1470. The van der Waals surface area contributed by atoms with E-state index in [1.165, 1.54) is 38.9 Å². The van der Waals surface area contributed by atoms with Crippen LogP contribution in [-0.4, -0.2) is 24.1 Å². The van der Waals surface area contributed by atoms with Crippen LogP contribution >= 0.6 is 0 Å². The fourth-order valence-electron chi connectivity index (χ4n) is 5.25. The molecule has 5 aromatic rings. The molecule has 0 bridgehead atoms. The molecule has 4 heterocycles. The van der Waals surface area contributed by atoms with Gasteiger partial charge >= 0.3 is 0 Å². The van der Waals surface area contributed by atoms with Gasteiger partial charge in [-0.05, 0) is 75.4 Å². The summed E-state index contributed by atoms with van der Waals surface area (Å²) in [5, 5.41) is 6.22. The Morgan fingerprint density at radius 1 is 0.909 bits per heavy atom. The first-order valence-corrected chi connectivity index (χ1v) is 11.7. The zero-order valence-corrected chi connectivity index (χ0v) is 20.4. The molecule has 0 amide bonds. The molecule has 5 rings (SSSR count). The molecule has 0 aliphatic rings. The van der Waals surface area contributed by atoms with Crippen molar-refractivity contribution in [3.63, 3.8) is 0 Å². The van der Waals surface area contributed by atoms with Gasteiger partial charge in [-0.25, -0.2) is 4.98 Å². The lowest BCUT2D eigenvalue weighted by molar-refractivity contribution is 0.725. The van der Waals surface area contributed by atoms with Crippen LogP contribution < -0.4 is 0 Å². The van der Waals surface area contributed by atoms with E-state index in [0.29, 0.717) is 0 Å². The molecule has 0 N–H and O–H groups in total. The lowest BCUT2D eigenvalue weighted by Crippen LogP contribution is -2.08. The van der Waals surface area contributed by atoms with Crippen LogP contribution in [0.4, 0.5) is 0 Å². The molecular weight excluding hydrogens is 406 g/mol. The fraction of sp³-hybridized carbons (Fsp3) is 0.321. The largest absolute Gasteiger partial charge is 0.325 e. The number of fused-ring (bicyclic) bond motifs is 3. The molecule has 168 valence electrons. The first-order valence-electron chi connectivity index (χ1n) is 11.7. The summed E-state index contributed by atoms with van der Waals surface area (Å²) in [6, 6.07) is 10.9. The number of aromatic nitrogens is 5. The minimum Gasteiger partial charge on any atom is -0.325 e.